The van der Waals surface area contributed by atoms with Crippen LogP contribution >= 0.6 is 0 Å². The van der Waals surface area contributed by atoms with Crippen LogP contribution in [0.4, 0.5) is 15.4 Å². The molecule has 1 aliphatic rings. The van der Waals surface area contributed by atoms with Gasteiger partial charge in [0.25, 0.3) is 0 Å². The predicted octanol–water partition coefficient (Wildman–Crippen LogP) is 3.14. The van der Waals surface area contributed by atoms with Crippen LogP contribution in [-0.2, 0) is 16.0 Å². The number of hydrogen-bond acceptors (Lipinski definition) is 6. The first-order valence-electron chi connectivity index (χ1n) is 9.37. The third-order valence-corrected chi connectivity index (χ3v) is 4.07. The lowest BCUT2D eigenvalue weighted by Crippen LogP contribution is -2.44. The minimum atomic E-state index is -0.554. The van der Waals surface area contributed by atoms with Crippen LogP contribution in [0.3, 0.4) is 0 Å². The summed E-state index contributed by atoms with van der Waals surface area (Å²) in [6.45, 7) is 9.70. The maximum Gasteiger partial charge on any atom is 0.413 e. The van der Waals surface area contributed by atoms with Crippen molar-refractivity contribution in [3.05, 3.63) is 23.9 Å². The lowest BCUT2D eigenvalue weighted by atomic mass is 10.1. The molecule has 0 unspecified atom stereocenters. The molecule has 1 fully saturated rings. The number of hydrogen-bond donors (Lipinski definition) is 2. The molecule has 8 nitrogen and oxygen atoms in total. The molecule has 1 aliphatic heterocycles. The van der Waals surface area contributed by atoms with E-state index in [-0.39, 0.29) is 6.09 Å². The number of amides is 2. The van der Waals surface area contributed by atoms with Gasteiger partial charge in [0.1, 0.15) is 11.4 Å². The molecule has 150 valence electrons. The van der Waals surface area contributed by atoms with Gasteiger partial charge < -0.3 is 19.7 Å². The van der Waals surface area contributed by atoms with Gasteiger partial charge in [-0.1, -0.05) is 0 Å². The van der Waals surface area contributed by atoms with Crippen LogP contribution in [0, 0.1) is 0 Å². The number of rotatable bonds is 5. The Labute approximate surface area is 160 Å². The lowest BCUT2D eigenvalue weighted by Gasteiger charge is -2.31. The topological polar surface area (TPSA) is 92.8 Å². The summed E-state index contributed by atoms with van der Waals surface area (Å²) in [5, 5.41) is 6.15. The number of nitrogens with zero attached hydrogens (tertiary/aromatic N) is 2. The highest BCUT2D eigenvalue weighted by atomic mass is 16.6. The molecule has 0 saturated carbocycles. The minimum Gasteiger partial charge on any atom is -0.450 e. The molecule has 1 saturated heterocycles. The molecule has 8 heteroatoms. The van der Waals surface area contributed by atoms with E-state index < -0.39 is 11.7 Å². The van der Waals surface area contributed by atoms with Crippen LogP contribution < -0.4 is 10.6 Å². The first-order valence-corrected chi connectivity index (χ1v) is 9.37. The molecule has 1 aromatic heterocycles. The molecule has 0 aromatic carbocycles. The van der Waals surface area contributed by atoms with E-state index in [1.807, 2.05) is 39.8 Å². The van der Waals surface area contributed by atoms with Gasteiger partial charge in [-0.05, 0) is 58.2 Å². The number of nitrogens with one attached hydrogen (secondary N) is 2. The Balaban J connectivity index is 1.78. The molecular weight excluding hydrogens is 348 g/mol. The number of likely N-dealkylation sites (tertiary alicyclic amines) is 1. The van der Waals surface area contributed by atoms with Crippen molar-refractivity contribution in [1.29, 1.82) is 0 Å². The number of ether oxygens (including phenoxy) is 2. The van der Waals surface area contributed by atoms with Gasteiger partial charge in [0.15, 0.2) is 0 Å². The lowest BCUT2D eigenvalue weighted by molar-refractivity contribution is 0.0635. The van der Waals surface area contributed by atoms with Crippen LogP contribution in [0.25, 0.3) is 0 Å². The van der Waals surface area contributed by atoms with Crippen LogP contribution in [0.1, 0.15) is 46.1 Å². The fourth-order valence-corrected chi connectivity index (χ4v) is 2.80. The van der Waals surface area contributed by atoms with Gasteiger partial charge in [-0.2, -0.15) is 0 Å². The van der Waals surface area contributed by atoms with Crippen molar-refractivity contribution < 1.29 is 19.1 Å². The van der Waals surface area contributed by atoms with E-state index in [9.17, 15) is 9.59 Å². The molecular formula is C19H30N4O4. The van der Waals surface area contributed by atoms with Gasteiger partial charge in [0, 0.05) is 31.9 Å². The second-order valence-electron chi connectivity index (χ2n) is 7.52. The van der Waals surface area contributed by atoms with E-state index in [0.29, 0.717) is 38.1 Å². The number of carbonyl (C=O) groups is 2. The summed E-state index contributed by atoms with van der Waals surface area (Å²) in [7, 11) is 0. The van der Waals surface area contributed by atoms with E-state index in [2.05, 4.69) is 15.6 Å². The zero-order valence-electron chi connectivity index (χ0n) is 16.6. The minimum absolute atomic E-state index is 0.233. The molecule has 0 spiro atoms. The van der Waals surface area contributed by atoms with E-state index in [1.54, 1.807) is 11.1 Å². The maximum absolute atomic E-state index is 11.8. The average molecular weight is 378 g/mol. The second kappa shape index (κ2) is 9.55. The third-order valence-electron chi connectivity index (χ3n) is 4.07. The molecule has 0 atom stereocenters. The SMILES string of the molecule is CCOC(=O)N1CCC(NCc2ccnc(NC(=O)OC(C)(C)C)c2)CC1. The zero-order chi connectivity index (χ0) is 19.9. The summed E-state index contributed by atoms with van der Waals surface area (Å²) in [6.07, 6.45) is 2.67. The van der Waals surface area contributed by atoms with E-state index in [1.165, 1.54) is 0 Å². The number of carbonyl (C=O) groups excluding carboxylic acids is 2. The predicted molar refractivity (Wildman–Crippen MR) is 103 cm³/mol. The Morgan fingerprint density at radius 1 is 1.30 bits per heavy atom. The van der Waals surface area contributed by atoms with Crippen molar-refractivity contribution in [2.24, 2.45) is 0 Å². The summed E-state index contributed by atoms with van der Waals surface area (Å²) >= 11 is 0. The second-order valence-corrected chi connectivity index (χ2v) is 7.52. The van der Waals surface area contributed by atoms with Crippen LogP contribution in [0.5, 0.6) is 0 Å². The van der Waals surface area contributed by atoms with Gasteiger partial charge in [0.2, 0.25) is 0 Å². The fourth-order valence-electron chi connectivity index (χ4n) is 2.80. The maximum atomic E-state index is 11.8. The standard InChI is InChI=1S/C19H30N4O4/c1-5-26-18(25)23-10-7-15(8-11-23)21-13-14-6-9-20-16(12-14)22-17(24)27-19(2,3)4/h6,9,12,15,21H,5,7-8,10-11,13H2,1-4H3,(H,20,22,24). The van der Waals surface area contributed by atoms with E-state index in [4.69, 9.17) is 9.47 Å². The molecule has 0 radical (unpaired) electrons. The Morgan fingerprint density at radius 2 is 2.00 bits per heavy atom. The number of aromatic nitrogens is 1. The third kappa shape index (κ3) is 7.42. The Hall–Kier alpha value is -2.35. The fraction of sp³-hybridized carbons (Fsp3) is 0.632. The van der Waals surface area contributed by atoms with Crippen molar-refractivity contribution in [2.75, 3.05) is 25.0 Å². The average Bonchev–Trinajstić information content (AvgIpc) is 2.59. The Kier molecular flexibility index (Phi) is 7.41. The van der Waals surface area contributed by atoms with Gasteiger partial charge in [-0.3, -0.25) is 5.32 Å². The first-order chi connectivity index (χ1) is 12.8. The van der Waals surface area contributed by atoms with Crippen molar-refractivity contribution in [1.82, 2.24) is 15.2 Å². The summed E-state index contributed by atoms with van der Waals surface area (Å²) < 4.78 is 10.3. The van der Waals surface area contributed by atoms with Crippen molar-refractivity contribution in [3.63, 3.8) is 0 Å². The highest BCUT2D eigenvalue weighted by Crippen LogP contribution is 2.14. The number of piperidine rings is 1. The monoisotopic (exact) mass is 378 g/mol. The molecule has 2 N–H and O–H groups in total. The molecule has 27 heavy (non-hydrogen) atoms. The smallest absolute Gasteiger partial charge is 0.413 e. The van der Waals surface area contributed by atoms with Crippen LogP contribution in [-0.4, -0.2) is 53.4 Å². The molecule has 2 amide bonds. The van der Waals surface area contributed by atoms with E-state index in [0.717, 1.165) is 18.4 Å². The van der Waals surface area contributed by atoms with Crippen molar-refractivity contribution in [3.8, 4) is 0 Å². The zero-order valence-corrected chi connectivity index (χ0v) is 16.6. The summed E-state index contributed by atoms with van der Waals surface area (Å²) in [5.74, 6) is 0.459. The van der Waals surface area contributed by atoms with Gasteiger partial charge in [-0.15, -0.1) is 0 Å². The summed E-state index contributed by atoms with van der Waals surface area (Å²) in [5.41, 5.74) is 0.464. The van der Waals surface area contributed by atoms with Crippen LogP contribution in [0.15, 0.2) is 18.3 Å². The summed E-state index contributed by atoms with van der Waals surface area (Å²) in [6, 6.07) is 4.07. The normalized spacial score (nSPS) is 15.3. The number of anilines is 1. The van der Waals surface area contributed by atoms with Crippen molar-refractivity contribution >= 4 is 18.0 Å². The molecule has 0 aliphatic carbocycles. The molecule has 2 rings (SSSR count). The van der Waals surface area contributed by atoms with Gasteiger partial charge in [0.05, 0.1) is 6.61 Å². The molecule has 1 aromatic rings. The summed E-state index contributed by atoms with van der Waals surface area (Å²) in [4.78, 5) is 29.5. The van der Waals surface area contributed by atoms with Crippen LogP contribution in [0.2, 0.25) is 0 Å². The Bertz CT molecular complexity index is 637. The van der Waals surface area contributed by atoms with Crippen molar-refractivity contribution in [2.45, 2.75) is 58.7 Å². The van der Waals surface area contributed by atoms with Gasteiger partial charge in [-0.25, -0.2) is 14.6 Å². The molecule has 0 bridgehead atoms. The Morgan fingerprint density at radius 3 is 2.63 bits per heavy atom. The highest BCUT2D eigenvalue weighted by Gasteiger charge is 2.23. The highest BCUT2D eigenvalue weighted by molar-refractivity contribution is 5.83. The molecule has 2 heterocycles. The quantitative estimate of drug-likeness (QED) is 0.818. The largest absolute Gasteiger partial charge is 0.450 e. The van der Waals surface area contributed by atoms with Gasteiger partial charge >= 0.3 is 12.2 Å². The number of pyridine rings is 1. The van der Waals surface area contributed by atoms with E-state index >= 15 is 0 Å². The first kappa shape index (κ1) is 21.0.